The molecule has 0 unspecified atom stereocenters. The van der Waals surface area contributed by atoms with E-state index in [-0.39, 0.29) is 11.2 Å². The summed E-state index contributed by atoms with van der Waals surface area (Å²) in [6.07, 6.45) is 0.788. The Balaban J connectivity index is 2.45. The molecule has 0 spiro atoms. The van der Waals surface area contributed by atoms with Crippen LogP contribution in [-0.4, -0.2) is 8.42 Å². The van der Waals surface area contributed by atoms with Crippen LogP contribution in [0.15, 0.2) is 29.2 Å². The standard InChI is InChI=1S/C17H15F5O3S/c1-4-17(2,3)9-5-7-10(8-6-9)25-26(23,24)16-14(21)12(19)11(18)13(20)15(16)22/h5-8H,4H2,1-3H3. The normalized spacial score (nSPS) is 12.3. The van der Waals surface area contributed by atoms with Crippen molar-refractivity contribution in [1.82, 2.24) is 0 Å². The van der Waals surface area contributed by atoms with Gasteiger partial charge in [0.2, 0.25) is 5.82 Å². The van der Waals surface area contributed by atoms with Crippen molar-refractivity contribution in [1.29, 1.82) is 0 Å². The van der Waals surface area contributed by atoms with E-state index < -0.39 is 44.1 Å². The quantitative estimate of drug-likeness (QED) is 0.316. The molecule has 0 heterocycles. The van der Waals surface area contributed by atoms with Crippen molar-refractivity contribution >= 4 is 10.1 Å². The Morgan fingerprint density at radius 1 is 0.846 bits per heavy atom. The van der Waals surface area contributed by atoms with Gasteiger partial charge in [-0.3, -0.25) is 0 Å². The van der Waals surface area contributed by atoms with Crippen molar-refractivity contribution in [3.63, 3.8) is 0 Å². The van der Waals surface area contributed by atoms with E-state index in [1.54, 1.807) is 12.1 Å². The lowest BCUT2D eigenvalue weighted by Gasteiger charge is -2.23. The van der Waals surface area contributed by atoms with Gasteiger partial charge in [-0.1, -0.05) is 32.9 Å². The maximum absolute atomic E-state index is 13.7. The second-order valence-corrected chi connectivity index (χ2v) is 7.68. The molecule has 0 bridgehead atoms. The fourth-order valence-corrected chi connectivity index (χ4v) is 3.20. The zero-order chi connectivity index (χ0) is 19.9. The molecule has 0 atom stereocenters. The van der Waals surface area contributed by atoms with E-state index in [4.69, 9.17) is 0 Å². The van der Waals surface area contributed by atoms with Crippen LogP contribution < -0.4 is 4.18 Å². The third-order valence-corrected chi connectivity index (χ3v) is 5.42. The smallest absolute Gasteiger partial charge is 0.345 e. The van der Waals surface area contributed by atoms with Gasteiger partial charge in [0.15, 0.2) is 28.2 Å². The van der Waals surface area contributed by atoms with Crippen molar-refractivity contribution in [3.05, 3.63) is 58.9 Å². The van der Waals surface area contributed by atoms with Crippen molar-refractivity contribution in [2.24, 2.45) is 0 Å². The molecule has 0 aliphatic carbocycles. The molecule has 2 aromatic rings. The van der Waals surface area contributed by atoms with Gasteiger partial charge in [-0.2, -0.15) is 8.42 Å². The first-order valence-electron chi connectivity index (χ1n) is 7.49. The predicted molar refractivity (Wildman–Crippen MR) is 83.8 cm³/mol. The highest BCUT2D eigenvalue weighted by molar-refractivity contribution is 7.87. The van der Waals surface area contributed by atoms with Gasteiger partial charge in [0, 0.05) is 0 Å². The highest BCUT2D eigenvalue weighted by Gasteiger charge is 2.35. The number of rotatable bonds is 5. The average molecular weight is 394 g/mol. The fraction of sp³-hybridized carbons (Fsp3) is 0.294. The topological polar surface area (TPSA) is 43.4 Å². The summed E-state index contributed by atoms with van der Waals surface area (Å²) in [6.45, 7) is 5.86. The monoisotopic (exact) mass is 394 g/mol. The minimum Gasteiger partial charge on any atom is -0.379 e. The summed E-state index contributed by atoms with van der Waals surface area (Å²) in [5, 5.41) is 0. The largest absolute Gasteiger partial charge is 0.379 e. The van der Waals surface area contributed by atoms with Crippen LogP contribution in [0, 0.1) is 29.1 Å². The Kier molecular flexibility index (Phi) is 5.32. The lowest BCUT2D eigenvalue weighted by molar-refractivity contribution is 0.352. The Labute approximate surface area is 147 Å². The summed E-state index contributed by atoms with van der Waals surface area (Å²) < 4.78 is 95.5. The van der Waals surface area contributed by atoms with Crippen LogP contribution in [0.2, 0.25) is 0 Å². The highest BCUT2D eigenvalue weighted by Crippen LogP contribution is 2.31. The second kappa shape index (κ2) is 6.86. The third-order valence-electron chi connectivity index (χ3n) is 4.15. The van der Waals surface area contributed by atoms with E-state index in [9.17, 15) is 30.4 Å². The molecule has 0 aromatic heterocycles. The molecular formula is C17H15F5O3S. The molecule has 0 saturated carbocycles. The number of halogens is 5. The van der Waals surface area contributed by atoms with Crippen LogP contribution in [-0.2, 0) is 15.5 Å². The summed E-state index contributed by atoms with van der Waals surface area (Å²) in [6, 6.07) is 5.56. The molecule has 3 nitrogen and oxygen atoms in total. The minimum absolute atomic E-state index is 0.209. The number of benzene rings is 2. The SMILES string of the molecule is CCC(C)(C)c1ccc(OS(=O)(=O)c2c(F)c(F)c(F)c(F)c2F)cc1. The van der Waals surface area contributed by atoms with Gasteiger partial charge in [0.25, 0.3) is 0 Å². The number of hydrogen-bond donors (Lipinski definition) is 0. The maximum Gasteiger partial charge on any atom is 0.345 e. The van der Waals surface area contributed by atoms with E-state index in [2.05, 4.69) is 4.18 Å². The average Bonchev–Trinajstić information content (AvgIpc) is 2.58. The molecule has 0 fully saturated rings. The van der Waals surface area contributed by atoms with Gasteiger partial charge in [0.1, 0.15) is 5.75 Å². The van der Waals surface area contributed by atoms with Gasteiger partial charge in [-0.25, -0.2) is 22.0 Å². The Bertz CT molecular complexity index is 909. The molecule has 0 radical (unpaired) electrons. The van der Waals surface area contributed by atoms with E-state index >= 15 is 0 Å². The molecule has 0 aliphatic heterocycles. The van der Waals surface area contributed by atoms with Gasteiger partial charge in [-0.15, -0.1) is 0 Å². The lowest BCUT2D eigenvalue weighted by Crippen LogP contribution is -2.18. The summed E-state index contributed by atoms with van der Waals surface area (Å²) in [7, 11) is -5.29. The predicted octanol–water partition coefficient (Wildman–Crippen LogP) is 4.84. The molecule has 9 heteroatoms. The van der Waals surface area contributed by atoms with Crippen molar-refractivity contribution in [2.75, 3.05) is 0 Å². The molecule has 0 N–H and O–H groups in total. The highest BCUT2D eigenvalue weighted by atomic mass is 32.2. The Hall–Kier alpha value is -2.16. The van der Waals surface area contributed by atoms with Gasteiger partial charge in [-0.05, 0) is 29.5 Å². The molecule has 0 aliphatic rings. The summed E-state index contributed by atoms with van der Waals surface area (Å²) >= 11 is 0. The molecule has 2 rings (SSSR count). The molecule has 0 saturated heterocycles. The van der Waals surface area contributed by atoms with Gasteiger partial charge < -0.3 is 4.18 Å². The zero-order valence-corrected chi connectivity index (χ0v) is 14.9. The van der Waals surface area contributed by atoms with Crippen LogP contribution in [0.5, 0.6) is 5.75 Å². The van der Waals surface area contributed by atoms with Gasteiger partial charge >= 0.3 is 10.1 Å². The van der Waals surface area contributed by atoms with Crippen molar-refractivity contribution in [2.45, 2.75) is 37.5 Å². The summed E-state index contributed by atoms with van der Waals surface area (Å²) in [5.74, 6) is -12.5. The first-order chi connectivity index (χ1) is 11.9. The lowest BCUT2D eigenvalue weighted by atomic mass is 9.82. The summed E-state index contributed by atoms with van der Waals surface area (Å²) in [5.41, 5.74) is 0.639. The van der Waals surface area contributed by atoms with Crippen LogP contribution in [0.25, 0.3) is 0 Å². The minimum atomic E-state index is -5.29. The molecule has 142 valence electrons. The van der Waals surface area contributed by atoms with E-state index in [1.807, 2.05) is 20.8 Å². The van der Waals surface area contributed by atoms with E-state index in [0.717, 1.165) is 12.0 Å². The number of hydrogen-bond acceptors (Lipinski definition) is 3. The van der Waals surface area contributed by atoms with Crippen LogP contribution >= 0.6 is 0 Å². The molecule has 26 heavy (non-hydrogen) atoms. The first-order valence-corrected chi connectivity index (χ1v) is 8.89. The third kappa shape index (κ3) is 3.53. The zero-order valence-electron chi connectivity index (χ0n) is 14.0. The maximum atomic E-state index is 13.7. The van der Waals surface area contributed by atoms with Crippen LogP contribution in [0.1, 0.15) is 32.8 Å². The van der Waals surface area contributed by atoms with Crippen molar-refractivity contribution in [3.8, 4) is 5.75 Å². The van der Waals surface area contributed by atoms with Crippen LogP contribution in [0.3, 0.4) is 0 Å². The molecule has 0 amide bonds. The molecule has 2 aromatic carbocycles. The Morgan fingerprint density at radius 2 is 1.27 bits per heavy atom. The fourth-order valence-electron chi connectivity index (χ4n) is 2.14. The van der Waals surface area contributed by atoms with Crippen LogP contribution in [0.4, 0.5) is 22.0 Å². The summed E-state index contributed by atoms with van der Waals surface area (Å²) in [4.78, 5) is -2.04. The van der Waals surface area contributed by atoms with Gasteiger partial charge in [0.05, 0.1) is 0 Å². The second-order valence-electron chi connectivity index (χ2n) is 6.20. The first kappa shape index (κ1) is 20.2. The van der Waals surface area contributed by atoms with Crippen molar-refractivity contribution < 1.29 is 34.6 Å². The molecular weight excluding hydrogens is 379 g/mol. The van der Waals surface area contributed by atoms with E-state index in [1.165, 1.54) is 12.1 Å². The Morgan fingerprint density at radius 3 is 1.69 bits per heavy atom. The van der Waals surface area contributed by atoms with E-state index in [0.29, 0.717) is 0 Å².